The van der Waals surface area contributed by atoms with E-state index in [1.165, 1.54) is 18.4 Å². The predicted molar refractivity (Wildman–Crippen MR) is 77.8 cm³/mol. The number of benzene rings is 1. The van der Waals surface area contributed by atoms with Gasteiger partial charge in [-0.05, 0) is 30.4 Å². The van der Waals surface area contributed by atoms with Gasteiger partial charge in [-0.25, -0.2) is 0 Å². The summed E-state index contributed by atoms with van der Waals surface area (Å²) in [5.74, 6) is 0.783. The Bertz CT molecular complexity index is 587. The van der Waals surface area contributed by atoms with E-state index < -0.39 is 0 Å². The van der Waals surface area contributed by atoms with Gasteiger partial charge in [0.05, 0.1) is 0 Å². The van der Waals surface area contributed by atoms with E-state index in [0.717, 1.165) is 5.69 Å². The van der Waals surface area contributed by atoms with Gasteiger partial charge in [-0.3, -0.25) is 9.89 Å². The van der Waals surface area contributed by atoms with E-state index in [9.17, 15) is 4.79 Å². The Morgan fingerprint density at radius 2 is 2.15 bits per heavy atom. The molecule has 4 heteroatoms. The maximum absolute atomic E-state index is 12.0. The molecule has 4 nitrogen and oxygen atoms in total. The molecular weight excluding hydrogens is 250 g/mol. The zero-order valence-corrected chi connectivity index (χ0v) is 11.6. The smallest absolute Gasteiger partial charge is 0.271 e. The number of hydrogen-bond donors (Lipinski definition) is 2. The van der Waals surface area contributed by atoms with Crippen LogP contribution >= 0.6 is 0 Å². The van der Waals surface area contributed by atoms with E-state index in [-0.39, 0.29) is 5.91 Å². The Labute approximate surface area is 118 Å². The molecule has 20 heavy (non-hydrogen) atoms. The molecule has 0 aliphatic heterocycles. The highest BCUT2D eigenvalue weighted by Crippen LogP contribution is 2.38. The third-order valence-electron chi connectivity index (χ3n) is 3.78. The number of aromatic amines is 1. The summed E-state index contributed by atoms with van der Waals surface area (Å²) in [6.07, 6.45) is 2.41. The van der Waals surface area contributed by atoms with Crippen LogP contribution in [0.4, 0.5) is 0 Å². The molecule has 1 aliphatic rings. The van der Waals surface area contributed by atoms with Gasteiger partial charge in [-0.2, -0.15) is 5.10 Å². The zero-order valence-electron chi connectivity index (χ0n) is 11.6. The summed E-state index contributed by atoms with van der Waals surface area (Å²) >= 11 is 0. The zero-order chi connectivity index (χ0) is 13.9. The molecule has 2 N–H and O–H groups in total. The number of nitrogens with one attached hydrogen (secondary N) is 2. The van der Waals surface area contributed by atoms with E-state index in [1.807, 2.05) is 24.3 Å². The molecule has 1 amide bonds. The van der Waals surface area contributed by atoms with Crippen LogP contribution in [-0.2, 0) is 0 Å². The van der Waals surface area contributed by atoms with Crippen molar-refractivity contribution >= 4 is 5.91 Å². The second-order valence-electron chi connectivity index (χ2n) is 5.50. The summed E-state index contributed by atoms with van der Waals surface area (Å²) in [4.78, 5) is 12.0. The quantitative estimate of drug-likeness (QED) is 0.877. The molecule has 1 heterocycles. The molecule has 0 spiro atoms. The summed E-state index contributed by atoms with van der Waals surface area (Å²) in [5, 5.41) is 10.00. The van der Waals surface area contributed by atoms with Crippen molar-refractivity contribution < 1.29 is 4.79 Å². The van der Waals surface area contributed by atoms with Crippen molar-refractivity contribution in [3.8, 4) is 0 Å². The minimum Gasteiger partial charge on any atom is -0.350 e. The van der Waals surface area contributed by atoms with Crippen LogP contribution in [0.3, 0.4) is 0 Å². The lowest BCUT2D eigenvalue weighted by Crippen LogP contribution is -2.27. The Morgan fingerprint density at radius 1 is 1.40 bits per heavy atom. The maximum atomic E-state index is 12.0. The number of carbonyl (C=O) groups is 1. The van der Waals surface area contributed by atoms with Crippen LogP contribution in [0.25, 0.3) is 0 Å². The highest BCUT2D eigenvalue weighted by molar-refractivity contribution is 5.92. The summed E-state index contributed by atoms with van der Waals surface area (Å²) in [7, 11) is 0. The van der Waals surface area contributed by atoms with Gasteiger partial charge in [0.2, 0.25) is 0 Å². The molecule has 0 radical (unpaired) electrons. The average Bonchev–Trinajstić information content (AvgIpc) is 3.22. The normalized spacial score (nSPS) is 15.8. The van der Waals surface area contributed by atoms with Crippen molar-refractivity contribution in [3.63, 3.8) is 0 Å². The molecule has 1 unspecified atom stereocenters. The number of hydrogen-bond acceptors (Lipinski definition) is 2. The topological polar surface area (TPSA) is 57.8 Å². The standard InChI is InChI=1S/C16H19N3O/c1-11(12-5-3-2-4-6-12)10-17-16(20)15-9-14(18-19-15)13-7-8-13/h2-6,9,11,13H,7-8,10H2,1H3,(H,17,20)(H,18,19). The summed E-state index contributed by atoms with van der Waals surface area (Å²) in [6.45, 7) is 2.73. The van der Waals surface area contributed by atoms with Crippen LogP contribution < -0.4 is 5.32 Å². The van der Waals surface area contributed by atoms with E-state index in [2.05, 4.69) is 34.6 Å². The third-order valence-corrected chi connectivity index (χ3v) is 3.78. The lowest BCUT2D eigenvalue weighted by atomic mass is 10.0. The monoisotopic (exact) mass is 269 g/mol. The van der Waals surface area contributed by atoms with E-state index in [0.29, 0.717) is 24.1 Å². The van der Waals surface area contributed by atoms with Crippen molar-refractivity contribution in [1.82, 2.24) is 15.5 Å². The molecule has 0 saturated heterocycles. The van der Waals surface area contributed by atoms with Crippen LogP contribution in [0.1, 0.15) is 53.3 Å². The van der Waals surface area contributed by atoms with Crippen molar-refractivity contribution in [1.29, 1.82) is 0 Å². The first kappa shape index (κ1) is 12.9. The van der Waals surface area contributed by atoms with Gasteiger partial charge >= 0.3 is 0 Å². The molecule has 1 aromatic heterocycles. The van der Waals surface area contributed by atoms with Gasteiger partial charge in [-0.15, -0.1) is 0 Å². The molecule has 1 fully saturated rings. The Kier molecular flexibility index (Phi) is 3.54. The van der Waals surface area contributed by atoms with Crippen molar-refractivity contribution in [2.45, 2.75) is 31.6 Å². The van der Waals surface area contributed by atoms with Crippen LogP contribution in [0, 0.1) is 0 Å². The molecular formula is C16H19N3O. The van der Waals surface area contributed by atoms with Crippen molar-refractivity contribution in [2.75, 3.05) is 6.54 Å². The van der Waals surface area contributed by atoms with E-state index in [1.54, 1.807) is 0 Å². The van der Waals surface area contributed by atoms with Crippen LogP contribution in [-0.4, -0.2) is 22.6 Å². The summed E-state index contributed by atoms with van der Waals surface area (Å²) < 4.78 is 0. The number of amides is 1. The first-order valence-electron chi connectivity index (χ1n) is 7.12. The van der Waals surface area contributed by atoms with Gasteiger partial charge < -0.3 is 5.32 Å². The first-order chi connectivity index (χ1) is 9.74. The molecule has 1 aromatic carbocycles. The number of aromatic nitrogens is 2. The van der Waals surface area contributed by atoms with E-state index >= 15 is 0 Å². The Balaban J connectivity index is 1.55. The van der Waals surface area contributed by atoms with E-state index in [4.69, 9.17) is 0 Å². The highest BCUT2D eigenvalue weighted by atomic mass is 16.1. The maximum Gasteiger partial charge on any atom is 0.271 e. The Hall–Kier alpha value is -2.10. The summed E-state index contributed by atoms with van der Waals surface area (Å²) in [5.41, 5.74) is 2.81. The molecule has 1 aliphatic carbocycles. The largest absolute Gasteiger partial charge is 0.350 e. The second kappa shape index (κ2) is 5.49. The van der Waals surface area contributed by atoms with Gasteiger partial charge in [0.15, 0.2) is 0 Å². The lowest BCUT2D eigenvalue weighted by Gasteiger charge is -2.12. The molecule has 1 atom stereocenters. The molecule has 0 bridgehead atoms. The SMILES string of the molecule is CC(CNC(=O)c1cc(C2CC2)[nH]n1)c1ccccc1. The predicted octanol–water partition coefficient (Wildman–Crippen LogP) is 2.82. The molecule has 104 valence electrons. The van der Waals surface area contributed by atoms with Gasteiger partial charge in [0.1, 0.15) is 5.69 Å². The fourth-order valence-corrected chi connectivity index (χ4v) is 2.29. The van der Waals surface area contributed by atoms with Gasteiger partial charge in [-0.1, -0.05) is 37.3 Å². The van der Waals surface area contributed by atoms with Crippen LogP contribution in [0.2, 0.25) is 0 Å². The van der Waals surface area contributed by atoms with Crippen molar-refractivity contribution in [3.05, 3.63) is 53.3 Å². The fourth-order valence-electron chi connectivity index (χ4n) is 2.29. The lowest BCUT2D eigenvalue weighted by molar-refractivity contribution is 0.0946. The van der Waals surface area contributed by atoms with Crippen LogP contribution in [0.5, 0.6) is 0 Å². The van der Waals surface area contributed by atoms with Gasteiger partial charge in [0.25, 0.3) is 5.91 Å². The average molecular weight is 269 g/mol. The molecule has 1 saturated carbocycles. The third kappa shape index (κ3) is 2.90. The van der Waals surface area contributed by atoms with Crippen molar-refractivity contribution in [2.24, 2.45) is 0 Å². The Morgan fingerprint density at radius 3 is 2.85 bits per heavy atom. The van der Waals surface area contributed by atoms with Crippen LogP contribution in [0.15, 0.2) is 36.4 Å². The number of rotatable bonds is 5. The minimum absolute atomic E-state index is 0.101. The number of nitrogens with zero attached hydrogens (tertiary/aromatic N) is 1. The second-order valence-corrected chi connectivity index (χ2v) is 5.50. The number of H-pyrrole nitrogens is 1. The molecule has 2 aromatic rings. The fraction of sp³-hybridized carbons (Fsp3) is 0.375. The first-order valence-corrected chi connectivity index (χ1v) is 7.12. The highest BCUT2D eigenvalue weighted by Gasteiger charge is 2.26. The van der Waals surface area contributed by atoms with Gasteiger partial charge in [0, 0.05) is 18.2 Å². The summed E-state index contributed by atoms with van der Waals surface area (Å²) in [6, 6.07) is 12.1. The number of carbonyl (C=O) groups excluding carboxylic acids is 1. The molecule has 3 rings (SSSR count). The minimum atomic E-state index is -0.101.